The molecule has 1 aliphatic rings. The number of carbonyl (C=O) groups is 1. The van der Waals surface area contributed by atoms with E-state index in [1.165, 1.54) is 0 Å². The van der Waals surface area contributed by atoms with Gasteiger partial charge >= 0.3 is 0 Å². The summed E-state index contributed by atoms with van der Waals surface area (Å²) in [7, 11) is 0. The van der Waals surface area contributed by atoms with Crippen LogP contribution in [-0.4, -0.2) is 37.0 Å². The van der Waals surface area contributed by atoms with E-state index in [0.717, 1.165) is 30.8 Å². The zero-order valence-electron chi connectivity index (χ0n) is 10.8. The van der Waals surface area contributed by atoms with Crippen LogP contribution < -0.4 is 10.5 Å². The van der Waals surface area contributed by atoms with Gasteiger partial charge in [-0.2, -0.15) is 0 Å². The van der Waals surface area contributed by atoms with E-state index in [0.29, 0.717) is 12.5 Å². The molecule has 1 heterocycles. The van der Waals surface area contributed by atoms with E-state index in [4.69, 9.17) is 10.5 Å². The maximum absolute atomic E-state index is 12.0. The number of hydrogen-bond acceptors (Lipinski definition) is 3. The third-order valence-corrected chi connectivity index (χ3v) is 3.42. The van der Waals surface area contributed by atoms with Crippen molar-refractivity contribution in [3.05, 3.63) is 29.8 Å². The summed E-state index contributed by atoms with van der Waals surface area (Å²) in [5, 5.41) is 0. The SMILES string of the molecule is Cc1ccccc1OCC(=O)N1CC[C@H](CN)C1. The van der Waals surface area contributed by atoms with Gasteiger partial charge in [0.05, 0.1) is 0 Å². The molecule has 98 valence electrons. The van der Waals surface area contributed by atoms with Crippen molar-refractivity contribution in [3.8, 4) is 5.75 Å². The highest BCUT2D eigenvalue weighted by Gasteiger charge is 2.25. The molecule has 1 aliphatic heterocycles. The number of nitrogens with zero attached hydrogens (tertiary/aromatic N) is 1. The topological polar surface area (TPSA) is 55.6 Å². The first-order valence-electron chi connectivity index (χ1n) is 6.37. The van der Waals surface area contributed by atoms with Crippen molar-refractivity contribution < 1.29 is 9.53 Å². The van der Waals surface area contributed by atoms with Gasteiger partial charge < -0.3 is 15.4 Å². The maximum Gasteiger partial charge on any atom is 0.260 e. The van der Waals surface area contributed by atoms with Gasteiger partial charge in [-0.1, -0.05) is 18.2 Å². The van der Waals surface area contributed by atoms with Crippen molar-refractivity contribution >= 4 is 5.91 Å². The van der Waals surface area contributed by atoms with E-state index in [9.17, 15) is 4.79 Å². The number of ether oxygens (including phenoxy) is 1. The van der Waals surface area contributed by atoms with Crippen LogP contribution in [0.5, 0.6) is 5.75 Å². The minimum absolute atomic E-state index is 0.0502. The number of aryl methyl sites for hydroxylation is 1. The molecular weight excluding hydrogens is 228 g/mol. The molecule has 0 spiro atoms. The third kappa shape index (κ3) is 3.01. The monoisotopic (exact) mass is 248 g/mol. The lowest BCUT2D eigenvalue weighted by Gasteiger charge is -2.17. The molecule has 18 heavy (non-hydrogen) atoms. The van der Waals surface area contributed by atoms with Crippen molar-refractivity contribution in [2.75, 3.05) is 26.2 Å². The number of carbonyl (C=O) groups excluding carboxylic acids is 1. The first-order chi connectivity index (χ1) is 8.70. The van der Waals surface area contributed by atoms with Gasteiger partial charge in [0.2, 0.25) is 0 Å². The lowest BCUT2D eigenvalue weighted by atomic mass is 10.1. The van der Waals surface area contributed by atoms with Crippen molar-refractivity contribution in [2.24, 2.45) is 11.7 Å². The summed E-state index contributed by atoms with van der Waals surface area (Å²) >= 11 is 0. The minimum Gasteiger partial charge on any atom is -0.484 e. The van der Waals surface area contributed by atoms with Crippen LogP contribution in [0.25, 0.3) is 0 Å². The molecule has 0 aromatic heterocycles. The third-order valence-electron chi connectivity index (χ3n) is 3.42. The second-order valence-corrected chi connectivity index (χ2v) is 4.78. The molecule has 2 N–H and O–H groups in total. The molecule has 0 unspecified atom stereocenters. The molecule has 0 bridgehead atoms. The highest BCUT2D eigenvalue weighted by Crippen LogP contribution is 2.18. The Bertz CT molecular complexity index is 420. The Morgan fingerprint density at radius 2 is 2.28 bits per heavy atom. The lowest BCUT2D eigenvalue weighted by molar-refractivity contribution is -0.132. The van der Waals surface area contributed by atoms with E-state index in [1.54, 1.807) is 0 Å². The van der Waals surface area contributed by atoms with Gasteiger partial charge in [-0.15, -0.1) is 0 Å². The quantitative estimate of drug-likeness (QED) is 0.870. The van der Waals surface area contributed by atoms with Gasteiger partial charge in [0, 0.05) is 13.1 Å². The number of likely N-dealkylation sites (tertiary alicyclic amines) is 1. The molecule has 4 heteroatoms. The highest BCUT2D eigenvalue weighted by atomic mass is 16.5. The Balaban J connectivity index is 1.84. The molecule has 1 saturated heterocycles. The molecular formula is C14H20N2O2. The summed E-state index contributed by atoms with van der Waals surface area (Å²) in [4.78, 5) is 13.8. The summed E-state index contributed by atoms with van der Waals surface area (Å²) in [6.45, 7) is 4.31. The number of benzene rings is 1. The van der Waals surface area contributed by atoms with E-state index < -0.39 is 0 Å². The van der Waals surface area contributed by atoms with Gasteiger partial charge in [-0.3, -0.25) is 4.79 Å². The molecule has 2 rings (SSSR count). The molecule has 1 aromatic rings. The van der Waals surface area contributed by atoms with E-state index in [2.05, 4.69) is 0 Å². The van der Waals surface area contributed by atoms with Crippen molar-refractivity contribution in [3.63, 3.8) is 0 Å². The smallest absolute Gasteiger partial charge is 0.260 e. The van der Waals surface area contributed by atoms with Crippen LogP contribution in [0.1, 0.15) is 12.0 Å². The summed E-state index contributed by atoms with van der Waals surface area (Å²) in [5.41, 5.74) is 6.66. The van der Waals surface area contributed by atoms with Gasteiger partial charge in [-0.25, -0.2) is 0 Å². The Labute approximate surface area is 108 Å². The first kappa shape index (κ1) is 12.9. The second kappa shape index (κ2) is 5.87. The summed E-state index contributed by atoms with van der Waals surface area (Å²) in [5.74, 6) is 1.28. The molecule has 0 aliphatic carbocycles. The van der Waals surface area contributed by atoms with Crippen LogP contribution in [0.3, 0.4) is 0 Å². The van der Waals surface area contributed by atoms with Gasteiger partial charge in [-0.05, 0) is 37.4 Å². The average Bonchev–Trinajstić information content (AvgIpc) is 2.86. The fourth-order valence-electron chi connectivity index (χ4n) is 2.20. The van der Waals surface area contributed by atoms with Crippen LogP contribution in [0, 0.1) is 12.8 Å². The van der Waals surface area contributed by atoms with E-state index >= 15 is 0 Å². The standard InChI is InChI=1S/C14H20N2O2/c1-11-4-2-3-5-13(11)18-10-14(17)16-7-6-12(8-15)9-16/h2-5,12H,6-10,15H2,1H3/t12-/m1/s1. The molecule has 0 radical (unpaired) electrons. The van der Waals surface area contributed by atoms with Crippen LogP contribution in [0.15, 0.2) is 24.3 Å². The fourth-order valence-corrected chi connectivity index (χ4v) is 2.20. The van der Waals surface area contributed by atoms with E-state index in [1.807, 2.05) is 36.1 Å². The first-order valence-corrected chi connectivity index (χ1v) is 6.37. The van der Waals surface area contributed by atoms with Crippen molar-refractivity contribution in [2.45, 2.75) is 13.3 Å². The fraction of sp³-hybridized carbons (Fsp3) is 0.500. The van der Waals surface area contributed by atoms with Crippen molar-refractivity contribution in [1.82, 2.24) is 4.90 Å². The predicted octanol–water partition coefficient (Wildman–Crippen LogP) is 1.18. The highest BCUT2D eigenvalue weighted by molar-refractivity contribution is 5.78. The Morgan fingerprint density at radius 3 is 2.94 bits per heavy atom. The normalized spacial score (nSPS) is 19.0. The number of hydrogen-bond donors (Lipinski definition) is 1. The Hall–Kier alpha value is -1.55. The lowest BCUT2D eigenvalue weighted by Crippen LogP contribution is -2.33. The zero-order valence-corrected chi connectivity index (χ0v) is 10.8. The van der Waals surface area contributed by atoms with Gasteiger partial charge in [0.1, 0.15) is 5.75 Å². The number of para-hydroxylation sites is 1. The molecule has 1 atom stereocenters. The van der Waals surface area contributed by atoms with Crippen LogP contribution in [0.4, 0.5) is 0 Å². The number of nitrogens with two attached hydrogens (primary N) is 1. The molecule has 1 amide bonds. The molecule has 0 saturated carbocycles. The second-order valence-electron chi connectivity index (χ2n) is 4.78. The summed E-state index contributed by atoms with van der Waals surface area (Å²) in [6.07, 6.45) is 1.01. The van der Waals surface area contributed by atoms with Crippen LogP contribution in [0.2, 0.25) is 0 Å². The molecule has 1 aromatic carbocycles. The van der Waals surface area contributed by atoms with E-state index in [-0.39, 0.29) is 12.5 Å². The largest absolute Gasteiger partial charge is 0.484 e. The van der Waals surface area contributed by atoms with Crippen LogP contribution in [-0.2, 0) is 4.79 Å². The van der Waals surface area contributed by atoms with Gasteiger partial charge in [0.15, 0.2) is 6.61 Å². The average molecular weight is 248 g/mol. The Kier molecular flexibility index (Phi) is 4.20. The predicted molar refractivity (Wildman–Crippen MR) is 70.4 cm³/mol. The Morgan fingerprint density at radius 1 is 1.50 bits per heavy atom. The summed E-state index contributed by atoms with van der Waals surface area (Å²) < 4.78 is 5.56. The maximum atomic E-state index is 12.0. The minimum atomic E-state index is 0.0502. The zero-order chi connectivity index (χ0) is 13.0. The van der Waals surface area contributed by atoms with Crippen LogP contribution >= 0.6 is 0 Å². The number of rotatable bonds is 4. The van der Waals surface area contributed by atoms with Crippen molar-refractivity contribution in [1.29, 1.82) is 0 Å². The molecule has 1 fully saturated rings. The summed E-state index contributed by atoms with van der Waals surface area (Å²) in [6, 6.07) is 7.72. The van der Waals surface area contributed by atoms with Gasteiger partial charge in [0.25, 0.3) is 5.91 Å². The molecule has 4 nitrogen and oxygen atoms in total. The number of amides is 1.